The Balaban J connectivity index is 1.91. The van der Waals surface area contributed by atoms with Crippen LogP contribution in [-0.4, -0.2) is 34.2 Å². The zero-order valence-corrected chi connectivity index (χ0v) is 16.0. The first-order chi connectivity index (χ1) is 14.0. The van der Waals surface area contributed by atoms with Gasteiger partial charge in [-0.1, -0.05) is 11.6 Å². The topological polar surface area (TPSA) is 70.0 Å². The number of ether oxygens (including phenoxy) is 2. The normalized spacial score (nSPS) is 10.9. The van der Waals surface area contributed by atoms with E-state index in [2.05, 4.69) is 19.9 Å². The molecule has 146 valence electrons. The maximum atomic E-state index is 14.8. The van der Waals surface area contributed by atoms with E-state index < -0.39 is 17.2 Å². The number of pyridine rings is 2. The Bertz CT molecular complexity index is 1190. The van der Waals surface area contributed by atoms with Crippen molar-refractivity contribution in [3.63, 3.8) is 0 Å². The van der Waals surface area contributed by atoms with Crippen molar-refractivity contribution >= 4 is 22.5 Å². The fraction of sp³-hybridized carbons (Fsp3) is 0.100. The monoisotopic (exact) mass is 414 g/mol. The molecule has 0 saturated carbocycles. The fourth-order valence-electron chi connectivity index (χ4n) is 2.87. The van der Waals surface area contributed by atoms with Crippen molar-refractivity contribution in [1.82, 2.24) is 19.9 Å². The SMILES string of the molecule is COc1cc(OC)c(F)c(-c2cc3cnc(-c4cccnc4)nc3c(Cl)n2)c1F. The minimum absolute atomic E-state index is 0.0226. The molecule has 0 aliphatic heterocycles. The molecule has 0 saturated heterocycles. The van der Waals surface area contributed by atoms with Gasteiger partial charge in [0.25, 0.3) is 0 Å². The second kappa shape index (κ2) is 7.56. The quantitative estimate of drug-likeness (QED) is 0.451. The van der Waals surface area contributed by atoms with Crippen molar-refractivity contribution in [3.05, 3.63) is 59.6 Å². The van der Waals surface area contributed by atoms with Gasteiger partial charge >= 0.3 is 0 Å². The summed E-state index contributed by atoms with van der Waals surface area (Å²) in [6.45, 7) is 0. The minimum Gasteiger partial charge on any atom is -0.494 e. The number of aromatic nitrogens is 4. The van der Waals surface area contributed by atoms with Gasteiger partial charge in [0.15, 0.2) is 34.1 Å². The van der Waals surface area contributed by atoms with E-state index in [-0.39, 0.29) is 22.3 Å². The molecule has 0 radical (unpaired) electrons. The van der Waals surface area contributed by atoms with E-state index in [1.54, 1.807) is 24.5 Å². The lowest BCUT2D eigenvalue weighted by Gasteiger charge is -2.13. The van der Waals surface area contributed by atoms with Gasteiger partial charge in [0.2, 0.25) is 0 Å². The molecule has 0 bridgehead atoms. The molecular weight excluding hydrogens is 402 g/mol. The molecule has 0 N–H and O–H groups in total. The van der Waals surface area contributed by atoms with Gasteiger partial charge in [-0.2, -0.15) is 0 Å². The highest BCUT2D eigenvalue weighted by atomic mass is 35.5. The molecule has 6 nitrogen and oxygen atoms in total. The van der Waals surface area contributed by atoms with E-state index >= 15 is 0 Å². The van der Waals surface area contributed by atoms with Crippen LogP contribution in [0.3, 0.4) is 0 Å². The number of rotatable bonds is 4. The predicted molar refractivity (Wildman–Crippen MR) is 104 cm³/mol. The van der Waals surface area contributed by atoms with Crippen LogP contribution in [0.4, 0.5) is 8.78 Å². The summed E-state index contributed by atoms with van der Waals surface area (Å²) in [5.41, 5.74) is 0.595. The maximum Gasteiger partial charge on any atom is 0.177 e. The average molecular weight is 415 g/mol. The van der Waals surface area contributed by atoms with Gasteiger partial charge < -0.3 is 9.47 Å². The number of methoxy groups -OCH3 is 2. The fourth-order valence-corrected chi connectivity index (χ4v) is 3.12. The molecule has 0 fully saturated rings. The summed E-state index contributed by atoms with van der Waals surface area (Å²) >= 11 is 6.30. The van der Waals surface area contributed by atoms with Crippen LogP contribution in [0.15, 0.2) is 42.9 Å². The minimum atomic E-state index is -0.915. The molecule has 1 aromatic carbocycles. The largest absolute Gasteiger partial charge is 0.494 e. The van der Waals surface area contributed by atoms with Crippen LogP contribution < -0.4 is 9.47 Å². The molecular formula is C20H13ClF2N4O2. The summed E-state index contributed by atoms with van der Waals surface area (Å²) in [4.78, 5) is 16.9. The maximum absolute atomic E-state index is 14.8. The van der Waals surface area contributed by atoms with E-state index in [1.807, 2.05) is 0 Å². The van der Waals surface area contributed by atoms with Crippen LogP contribution in [0.25, 0.3) is 33.5 Å². The zero-order valence-electron chi connectivity index (χ0n) is 15.3. The van der Waals surface area contributed by atoms with Gasteiger partial charge in [0.1, 0.15) is 5.52 Å². The highest BCUT2D eigenvalue weighted by molar-refractivity contribution is 6.34. The Morgan fingerprint density at radius 3 is 2.31 bits per heavy atom. The van der Waals surface area contributed by atoms with Crippen molar-refractivity contribution in [1.29, 1.82) is 0 Å². The van der Waals surface area contributed by atoms with E-state index in [1.165, 1.54) is 26.5 Å². The molecule has 9 heteroatoms. The second-order valence-corrected chi connectivity index (χ2v) is 6.31. The number of fused-ring (bicyclic) bond motifs is 1. The lowest BCUT2D eigenvalue weighted by molar-refractivity contribution is 0.359. The van der Waals surface area contributed by atoms with Crippen LogP contribution in [0.5, 0.6) is 11.5 Å². The van der Waals surface area contributed by atoms with Crippen LogP contribution in [0.1, 0.15) is 0 Å². The van der Waals surface area contributed by atoms with Gasteiger partial charge in [-0.15, -0.1) is 0 Å². The molecule has 0 aliphatic rings. The number of hydrogen-bond donors (Lipinski definition) is 0. The highest BCUT2D eigenvalue weighted by Crippen LogP contribution is 2.38. The van der Waals surface area contributed by atoms with Gasteiger partial charge in [-0.05, 0) is 18.2 Å². The number of halogens is 3. The first-order valence-corrected chi connectivity index (χ1v) is 8.75. The summed E-state index contributed by atoms with van der Waals surface area (Å²) < 4.78 is 39.6. The Morgan fingerprint density at radius 1 is 0.966 bits per heavy atom. The van der Waals surface area contributed by atoms with Crippen LogP contribution in [0.2, 0.25) is 5.15 Å². The van der Waals surface area contributed by atoms with Crippen molar-refractivity contribution in [2.24, 2.45) is 0 Å². The van der Waals surface area contributed by atoms with E-state index in [9.17, 15) is 8.78 Å². The van der Waals surface area contributed by atoms with Crippen LogP contribution in [-0.2, 0) is 0 Å². The third kappa shape index (κ3) is 3.31. The Kier molecular flexibility index (Phi) is 4.94. The zero-order chi connectivity index (χ0) is 20.5. The summed E-state index contributed by atoms with van der Waals surface area (Å²) in [5.74, 6) is -1.79. The smallest absolute Gasteiger partial charge is 0.177 e. The molecule has 4 aromatic rings. The van der Waals surface area contributed by atoms with Crippen LogP contribution in [0, 0.1) is 11.6 Å². The third-order valence-corrected chi connectivity index (χ3v) is 4.54. The predicted octanol–water partition coefficient (Wildman–Crippen LogP) is 4.70. The van der Waals surface area contributed by atoms with Crippen LogP contribution >= 0.6 is 11.6 Å². The molecule has 0 amide bonds. The van der Waals surface area contributed by atoms with E-state index in [0.29, 0.717) is 22.3 Å². The molecule has 0 atom stereocenters. The van der Waals surface area contributed by atoms with E-state index in [0.717, 1.165) is 6.07 Å². The molecule has 4 rings (SSSR count). The second-order valence-electron chi connectivity index (χ2n) is 5.96. The Labute approximate surface area is 169 Å². The van der Waals surface area contributed by atoms with E-state index in [4.69, 9.17) is 21.1 Å². The van der Waals surface area contributed by atoms with Gasteiger partial charge in [-0.25, -0.2) is 23.7 Å². The van der Waals surface area contributed by atoms with Crippen molar-refractivity contribution in [2.75, 3.05) is 14.2 Å². The first kappa shape index (κ1) is 18.9. The summed E-state index contributed by atoms with van der Waals surface area (Å²) in [7, 11) is 2.54. The first-order valence-electron chi connectivity index (χ1n) is 8.37. The van der Waals surface area contributed by atoms with Crippen molar-refractivity contribution in [3.8, 4) is 34.1 Å². The van der Waals surface area contributed by atoms with Gasteiger partial charge in [0, 0.05) is 35.6 Å². The van der Waals surface area contributed by atoms with Gasteiger partial charge in [-0.3, -0.25) is 4.98 Å². The van der Waals surface area contributed by atoms with Gasteiger partial charge in [0.05, 0.1) is 25.5 Å². The molecule has 0 spiro atoms. The Morgan fingerprint density at radius 2 is 1.69 bits per heavy atom. The molecule has 3 heterocycles. The lowest BCUT2D eigenvalue weighted by atomic mass is 10.1. The number of nitrogens with zero attached hydrogens (tertiary/aromatic N) is 4. The van der Waals surface area contributed by atoms with Crippen molar-refractivity contribution < 1.29 is 18.3 Å². The standard InChI is InChI=1S/C20H13ClF2N4O2/c1-28-13-7-14(29-2)17(23)15(16(13)22)12-6-11-9-25-20(10-4-3-5-24-8-10)27-18(11)19(21)26-12/h3-9H,1-2H3. The lowest BCUT2D eigenvalue weighted by Crippen LogP contribution is -2.01. The number of hydrogen-bond acceptors (Lipinski definition) is 6. The average Bonchev–Trinajstić information content (AvgIpc) is 2.74. The third-order valence-electron chi connectivity index (χ3n) is 4.27. The highest BCUT2D eigenvalue weighted by Gasteiger charge is 2.23. The Hall–Kier alpha value is -3.39. The summed E-state index contributed by atoms with van der Waals surface area (Å²) in [6, 6.07) is 6.14. The van der Waals surface area contributed by atoms with Crippen molar-refractivity contribution in [2.45, 2.75) is 0 Å². The molecule has 3 aromatic heterocycles. The summed E-state index contributed by atoms with van der Waals surface area (Å²) in [6.07, 6.45) is 4.76. The molecule has 29 heavy (non-hydrogen) atoms. The molecule has 0 unspecified atom stereocenters. The summed E-state index contributed by atoms with van der Waals surface area (Å²) in [5, 5.41) is 0.443. The molecule has 0 aliphatic carbocycles. The number of benzene rings is 1.